The fraction of sp³-hybridized carbons (Fsp3) is 0.200. The molecular weight excluding hydrogens is 406 g/mol. The summed E-state index contributed by atoms with van der Waals surface area (Å²) in [4.78, 5) is 22.2. The second-order valence-electron chi connectivity index (χ2n) is 7.66. The van der Waals surface area contributed by atoms with Crippen LogP contribution in [-0.4, -0.2) is 42.0 Å². The lowest BCUT2D eigenvalue weighted by molar-refractivity contribution is 0.0744. The quantitative estimate of drug-likeness (QED) is 0.438. The van der Waals surface area contributed by atoms with Crippen LogP contribution in [0.5, 0.6) is 11.5 Å². The lowest BCUT2D eigenvalue weighted by atomic mass is 10.1. The Balaban J connectivity index is 1.29. The van der Waals surface area contributed by atoms with E-state index >= 15 is 0 Å². The maximum absolute atomic E-state index is 13.2. The fourth-order valence-corrected chi connectivity index (χ4v) is 4.89. The second kappa shape index (κ2) is 8.40. The lowest BCUT2D eigenvalue weighted by Gasteiger charge is -2.34. The molecule has 31 heavy (non-hydrogen) atoms. The summed E-state index contributed by atoms with van der Waals surface area (Å²) in [6.07, 6.45) is 0. The summed E-state index contributed by atoms with van der Waals surface area (Å²) in [6, 6.07) is 23.4. The van der Waals surface area contributed by atoms with Crippen molar-refractivity contribution in [3.63, 3.8) is 0 Å². The van der Waals surface area contributed by atoms with Crippen molar-refractivity contribution < 1.29 is 9.53 Å². The zero-order valence-corrected chi connectivity index (χ0v) is 18.1. The number of nitrogens with zero attached hydrogens (tertiary/aromatic N) is 3. The van der Waals surface area contributed by atoms with Gasteiger partial charge in [0.05, 0.1) is 15.8 Å². The molecule has 1 fully saturated rings. The highest BCUT2D eigenvalue weighted by molar-refractivity contribution is 7.22. The molecule has 0 spiro atoms. The Morgan fingerprint density at radius 2 is 1.68 bits per heavy atom. The number of carbonyl (C=O) groups is 1. The van der Waals surface area contributed by atoms with Crippen LogP contribution in [0.1, 0.15) is 15.9 Å². The van der Waals surface area contributed by atoms with Gasteiger partial charge in [0, 0.05) is 26.2 Å². The normalized spacial score (nSPS) is 14.1. The highest BCUT2D eigenvalue weighted by Crippen LogP contribution is 2.31. The monoisotopic (exact) mass is 429 g/mol. The number of rotatable bonds is 4. The van der Waals surface area contributed by atoms with Crippen LogP contribution in [0.2, 0.25) is 0 Å². The lowest BCUT2D eigenvalue weighted by Crippen LogP contribution is -2.48. The van der Waals surface area contributed by atoms with Crippen molar-refractivity contribution >= 4 is 32.6 Å². The molecule has 0 bridgehead atoms. The van der Waals surface area contributed by atoms with Gasteiger partial charge in [-0.15, -0.1) is 0 Å². The van der Waals surface area contributed by atoms with Gasteiger partial charge >= 0.3 is 0 Å². The van der Waals surface area contributed by atoms with Crippen molar-refractivity contribution in [1.82, 2.24) is 9.88 Å². The van der Waals surface area contributed by atoms with Crippen molar-refractivity contribution in [2.45, 2.75) is 6.92 Å². The molecule has 5 rings (SSSR count). The summed E-state index contributed by atoms with van der Waals surface area (Å²) >= 11 is 1.72. The maximum Gasteiger partial charge on any atom is 0.257 e. The summed E-state index contributed by atoms with van der Waals surface area (Å²) in [5, 5.41) is 1.03. The third-order valence-electron chi connectivity index (χ3n) is 5.46. The standard InChI is InChI=1S/C25H23N3O2S/c1-18-11-12-21-23(17-18)31-25(26-21)28-15-13-27(14-16-28)24(29)20-9-5-6-10-22(20)30-19-7-3-2-4-8-19/h2-12,17H,13-16H2,1H3. The number of benzene rings is 3. The van der Waals surface area contributed by atoms with E-state index in [4.69, 9.17) is 9.72 Å². The van der Waals surface area contributed by atoms with E-state index < -0.39 is 0 Å². The average Bonchev–Trinajstić information content (AvgIpc) is 3.23. The molecule has 1 aliphatic heterocycles. The Morgan fingerprint density at radius 3 is 2.48 bits per heavy atom. The second-order valence-corrected chi connectivity index (χ2v) is 8.67. The number of hydrogen-bond donors (Lipinski definition) is 0. The number of carbonyl (C=O) groups excluding carboxylic acids is 1. The number of fused-ring (bicyclic) bond motifs is 1. The molecule has 1 aromatic heterocycles. The van der Waals surface area contributed by atoms with E-state index in [2.05, 4.69) is 30.0 Å². The van der Waals surface area contributed by atoms with Crippen molar-refractivity contribution in [2.75, 3.05) is 31.1 Å². The van der Waals surface area contributed by atoms with Gasteiger partial charge in [-0.1, -0.05) is 47.7 Å². The topological polar surface area (TPSA) is 45.7 Å². The van der Waals surface area contributed by atoms with Gasteiger partial charge in [0.15, 0.2) is 5.13 Å². The minimum Gasteiger partial charge on any atom is -0.457 e. The van der Waals surface area contributed by atoms with Crippen LogP contribution in [0.25, 0.3) is 10.2 Å². The van der Waals surface area contributed by atoms with Crippen molar-refractivity contribution in [3.8, 4) is 11.5 Å². The van der Waals surface area contributed by atoms with Gasteiger partial charge in [0.2, 0.25) is 0 Å². The summed E-state index contributed by atoms with van der Waals surface area (Å²) in [7, 11) is 0. The molecule has 0 N–H and O–H groups in total. The molecule has 0 radical (unpaired) electrons. The molecule has 2 heterocycles. The van der Waals surface area contributed by atoms with Gasteiger partial charge < -0.3 is 14.5 Å². The number of ether oxygens (including phenoxy) is 1. The predicted octanol–water partition coefficient (Wildman–Crippen LogP) is 5.36. The number of amides is 1. The van der Waals surface area contributed by atoms with E-state index in [0.29, 0.717) is 24.4 Å². The molecule has 156 valence electrons. The molecular formula is C25H23N3O2S. The van der Waals surface area contributed by atoms with Crippen LogP contribution in [0.4, 0.5) is 5.13 Å². The van der Waals surface area contributed by atoms with Crippen molar-refractivity contribution in [1.29, 1.82) is 0 Å². The number of aromatic nitrogens is 1. The molecule has 6 heteroatoms. The van der Waals surface area contributed by atoms with Crippen molar-refractivity contribution in [3.05, 3.63) is 83.9 Å². The number of thiazole rings is 1. The van der Waals surface area contributed by atoms with Crippen LogP contribution in [0.3, 0.4) is 0 Å². The zero-order chi connectivity index (χ0) is 21.2. The molecule has 1 saturated heterocycles. The third-order valence-corrected chi connectivity index (χ3v) is 6.54. The Bertz CT molecular complexity index is 1210. The van der Waals surface area contributed by atoms with Crippen LogP contribution >= 0.6 is 11.3 Å². The SMILES string of the molecule is Cc1ccc2nc(N3CCN(C(=O)c4ccccc4Oc4ccccc4)CC3)sc2c1. The number of hydrogen-bond acceptors (Lipinski definition) is 5. The minimum atomic E-state index is 0.00565. The van der Waals surface area contributed by atoms with Gasteiger partial charge in [-0.3, -0.25) is 4.79 Å². The van der Waals surface area contributed by atoms with Crippen LogP contribution in [0.15, 0.2) is 72.8 Å². The first kappa shape index (κ1) is 19.6. The summed E-state index contributed by atoms with van der Waals surface area (Å²) in [5.41, 5.74) is 2.88. The van der Waals surface area contributed by atoms with E-state index in [0.717, 1.165) is 29.5 Å². The number of aryl methyl sites for hydroxylation is 1. The maximum atomic E-state index is 13.2. The predicted molar refractivity (Wildman–Crippen MR) is 125 cm³/mol. The Labute approximate surface area is 185 Å². The zero-order valence-electron chi connectivity index (χ0n) is 17.3. The van der Waals surface area contributed by atoms with E-state index in [1.54, 1.807) is 11.3 Å². The number of piperazine rings is 1. The Hall–Kier alpha value is -3.38. The van der Waals surface area contributed by atoms with Crippen LogP contribution < -0.4 is 9.64 Å². The largest absolute Gasteiger partial charge is 0.457 e. The Morgan fingerprint density at radius 1 is 0.935 bits per heavy atom. The molecule has 0 aliphatic carbocycles. The average molecular weight is 430 g/mol. The first-order valence-corrected chi connectivity index (χ1v) is 11.2. The van der Waals surface area contributed by atoms with E-state index in [1.165, 1.54) is 10.3 Å². The van der Waals surface area contributed by atoms with Gasteiger partial charge in [0.25, 0.3) is 5.91 Å². The smallest absolute Gasteiger partial charge is 0.257 e. The molecule has 1 aliphatic rings. The minimum absolute atomic E-state index is 0.00565. The first-order chi connectivity index (χ1) is 15.2. The molecule has 0 atom stereocenters. The van der Waals surface area contributed by atoms with Gasteiger partial charge in [-0.25, -0.2) is 4.98 Å². The highest BCUT2D eigenvalue weighted by Gasteiger charge is 2.25. The van der Waals surface area contributed by atoms with Gasteiger partial charge in [-0.05, 0) is 48.9 Å². The summed E-state index contributed by atoms with van der Waals surface area (Å²) < 4.78 is 7.20. The van der Waals surface area contributed by atoms with Gasteiger partial charge in [0.1, 0.15) is 11.5 Å². The highest BCUT2D eigenvalue weighted by atomic mass is 32.1. The Kier molecular flexibility index (Phi) is 5.30. The van der Waals surface area contributed by atoms with Crippen LogP contribution in [0, 0.1) is 6.92 Å². The number of anilines is 1. The van der Waals surface area contributed by atoms with E-state index in [-0.39, 0.29) is 5.91 Å². The molecule has 5 nitrogen and oxygen atoms in total. The third kappa shape index (κ3) is 4.11. The van der Waals surface area contributed by atoms with E-state index in [9.17, 15) is 4.79 Å². The molecule has 0 unspecified atom stereocenters. The van der Waals surface area contributed by atoms with Crippen LogP contribution in [-0.2, 0) is 0 Å². The summed E-state index contributed by atoms with van der Waals surface area (Å²) in [6.45, 7) is 4.96. The molecule has 3 aromatic carbocycles. The fourth-order valence-electron chi connectivity index (χ4n) is 3.77. The molecule has 1 amide bonds. The summed E-state index contributed by atoms with van der Waals surface area (Å²) in [5.74, 6) is 1.31. The van der Waals surface area contributed by atoms with Gasteiger partial charge in [-0.2, -0.15) is 0 Å². The molecule has 4 aromatic rings. The molecule has 0 saturated carbocycles. The van der Waals surface area contributed by atoms with Crippen molar-refractivity contribution in [2.24, 2.45) is 0 Å². The van der Waals surface area contributed by atoms with E-state index in [1.807, 2.05) is 59.5 Å². The number of para-hydroxylation sites is 2. The first-order valence-electron chi connectivity index (χ1n) is 10.4.